The van der Waals surface area contributed by atoms with Crippen molar-refractivity contribution in [2.75, 3.05) is 6.54 Å². The van der Waals surface area contributed by atoms with Crippen molar-refractivity contribution in [2.45, 2.75) is 12.8 Å². The highest BCUT2D eigenvalue weighted by molar-refractivity contribution is 5.92. The van der Waals surface area contributed by atoms with Crippen LogP contribution in [0.4, 0.5) is 0 Å². The lowest BCUT2D eigenvalue weighted by Crippen LogP contribution is -2.31. The lowest BCUT2D eigenvalue weighted by molar-refractivity contribution is -0.138. The number of carbonyl (C=O) groups excluding carboxylic acids is 1. The first-order valence-corrected chi connectivity index (χ1v) is 6.16. The number of carboxylic acids is 1. The molecule has 6 nitrogen and oxygen atoms in total. The van der Waals surface area contributed by atoms with Gasteiger partial charge in [0.1, 0.15) is 5.69 Å². The summed E-state index contributed by atoms with van der Waals surface area (Å²) in [6.07, 6.45) is 0. The molecule has 1 aromatic heterocycles. The second-order valence-corrected chi connectivity index (χ2v) is 4.45. The van der Waals surface area contributed by atoms with Gasteiger partial charge in [0.25, 0.3) is 5.91 Å². The highest BCUT2D eigenvalue weighted by Crippen LogP contribution is 2.14. The molecule has 0 bridgehead atoms. The Kier molecular flexibility index (Phi) is 4.14. The summed E-state index contributed by atoms with van der Waals surface area (Å²) >= 11 is 0. The van der Waals surface area contributed by atoms with E-state index in [0.717, 1.165) is 5.69 Å². The zero-order chi connectivity index (χ0) is 14.5. The molecule has 0 aliphatic rings. The van der Waals surface area contributed by atoms with E-state index in [2.05, 4.69) is 15.5 Å². The molecule has 20 heavy (non-hydrogen) atoms. The van der Waals surface area contributed by atoms with E-state index in [1.165, 1.54) is 0 Å². The molecule has 0 fully saturated rings. The smallest absolute Gasteiger partial charge is 0.312 e. The molecule has 0 radical (unpaired) electrons. The summed E-state index contributed by atoms with van der Waals surface area (Å²) in [7, 11) is 0. The van der Waals surface area contributed by atoms with Gasteiger partial charge in [0.05, 0.1) is 5.92 Å². The van der Waals surface area contributed by atoms with Crippen LogP contribution in [0.2, 0.25) is 0 Å². The van der Waals surface area contributed by atoms with Crippen molar-refractivity contribution in [3.63, 3.8) is 0 Å². The van der Waals surface area contributed by atoms with Gasteiger partial charge in [-0.3, -0.25) is 14.7 Å². The Morgan fingerprint density at radius 3 is 2.60 bits per heavy atom. The van der Waals surface area contributed by atoms with E-state index in [4.69, 9.17) is 0 Å². The number of aryl methyl sites for hydroxylation is 1. The van der Waals surface area contributed by atoms with Gasteiger partial charge in [-0.1, -0.05) is 30.3 Å². The molecule has 0 saturated heterocycles. The molecular formula is C14H15N3O3. The van der Waals surface area contributed by atoms with E-state index in [1.807, 2.05) is 6.07 Å². The Labute approximate surface area is 115 Å². The fourth-order valence-electron chi connectivity index (χ4n) is 1.85. The van der Waals surface area contributed by atoms with Crippen LogP contribution < -0.4 is 5.32 Å². The second kappa shape index (κ2) is 6.01. The Morgan fingerprint density at radius 2 is 2.05 bits per heavy atom. The molecule has 1 amide bonds. The summed E-state index contributed by atoms with van der Waals surface area (Å²) in [5.74, 6) is -2.15. The van der Waals surface area contributed by atoms with Gasteiger partial charge in [-0.2, -0.15) is 5.10 Å². The maximum Gasteiger partial charge on any atom is 0.312 e. The number of hydrogen-bond donors (Lipinski definition) is 3. The van der Waals surface area contributed by atoms with Crippen LogP contribution in [0.15, 0.2) is 36.4 Å². The van der Waals surface area contributed by atoms with E-state index < -0.39 is 17.8 Å². The van der Waals surface area contributed by atoms with E-state index in [-0.39, 0.29) is 12.2 Å². The van der Waals surface area contributed by atoms with Crippen LogP contribution >= 0.6 is 0 Å². The quantitative estimate of drug-likeness (QED) is 0.765. The molecule has 0 spiro atoms. The summed E-state index contributed by atoms with van der Waals surface area (Å²) in [6.45, 7) is 1.80. The Morgan fingerprint density at radius 1 is 1.35 bits per heavy atom. The van der Waals surface area contributed by atoms with E-state index in [0.29, 0.717) is 5.56 Å². The predicted molar refractivity (Wildman–Crippen MR) is 72.5 cm³/mol. The maximum absolute atomic E-state index is 11.8. The monoisotopic (exact) mass is 273 g/mol. The minimum atomic E-state index is -0.977. The summed E-state index contributed by atoms with van der Waals surface area (Å²) < 4.78 is 0. The molecule has 104 valence electrons. The largest absolute Gasteiger partial charge is 0.481 e. The Balaban J connectivity index is 2.03. The first kappa shape index (κ1) is 13.8. The average Bonchev–Trinajstić information content (AvgIpc) is 2.86. The third-order valence-electron chi connectivity index (χ3n) is 2.91. The summed E-state index contributed by atoms with van der Waals surface area (Å²) in [6, 6.07) is 10.4. The van der Waals surface area contributed by atoms with Gasteiger partial charge < -0.3 is 10.4 Å². The molecule has 2 aromatic rings. The van der Waals surface area contributed by atoms with Gasteiger partial charge >= 0.3 is 5.97 Å². The molecule has 6 heteroatoms. The number of H-pyrrole nitrogens is 1. The molecule has 1 unspecified atom stereocenters. The summed E-state index contributed by atoms with van der Waals surface area (Å²) in [5, 5.41) is 18.3. The van der Waals surface area contributed by atoms with Crippen LogP contribution in [-0.2, 0) is 4.79 Å². The fourth-order valence-corrected chi connectivity index (χ4v) is 1.85. The highest BCUT2D eigenvalue weighted by Gasteiger charge is 2.21. The average molecular weight is 273 g/mol. The van der Waals surface area contributed by atoms with Crippen LogP contribution in [0.25, 0.3) is 0 Å². The number of nitrogens with zero attached hydrogens (tertiary/aromatic N) is 1. The lowest BCUT2D eigenvalue weighted by atomic mass is 9.99. The molecule has 1 atom stereocenters. The number of aromatic amines is 1. The molecular weight excluding hydrogens is 258 g/mol. The van der Waals surface area contributed by atoms with Crippen LogP contribution in [-0.4, -0.2) is 33.7 Å². The van der Waals surface area contributed by atoms with Crippen molar-refractivity contribution in [2.24, 2.45) is 0 Å². The van der Waals surface area contributed by atoms with Crippen LogP contribution in [0.3, 0.4) is 0 Å². The zero-order valence-electron chi connectivity index (χ0n) is 11.0. The first-order chi connectivity index (χ1) is 9.58. The van der Waals surface area contributed by atoms with Gasteiger partial charge in [-0.15, -0.1) is 0 Å². The summed E-state index contributed by atoms with van der Waals surface area (Å²) in [4.78, 5) is 23.1. The summed E-state index contributed by atoms with van der Waals surface area (Å²) in [5.41, 5.74) is 1.67. The van der Waals surface area contributed by atoms with Crippen molar-refractivity contribution in [3.8, 4) is 0 Å². The molecule has 1 aromatic carbocycles. The minimum Gasteiger partial charge on any atom is -0.481 e. The van der Waals surface area contributed by atoms with E-state index >= 15 is 0 Å². The number of aliphatic carboxylic acids is 1. The van der Waals surface area contributed by atoms with Gasteiger partial charge in [0.15, 0.2) is 0 Å². The molecule has 0 aliphatic heterocycles. The Hall–Kier alpha value is -2.63. The number of rotatable bonds is 5. The van der Waals surface area contributed by atoms with Gasteiger partial charge in [0, 0.05) is 12.2 Å². The zero-order valence-corrected chi connectivity index (χ0v) is 11.0. The second-order valence-electron chi connectivity index (χ2n) is 4.45. The molecule has 0 saturated carbocycles. The van der Waals surface area contributed by atoms with Crippen molar-refractivity contribution < 1.29 is 14.7 Å². The SMILES string of the molecule is Cc1cc(C(=O)NCC(C(=O)O)c2ccccc2)n[nH]1. The van der Waals surface area contributed by atoms with Gasteiger partial charge in [-0.25, -0.2) is 0 Å². The fraction of sp³-hybridized carbons (Fsp3) is 0.214. The molecule has 1 heterocycles. The molecule has 2 rings (SSSR count). The molecule has 0 aliphatic carbocycles. The number of aromatic nitrogens is 2. The first-order valence-electron chi connectivity index (χ1n) is 6.16. The van der Waals surface area contributed by atoms with Crippen molar-refractivity contribution in [3.05, 3.63) is 53.3 Å². The number of carbonyl (C=O) groups is 2. The third-order valence-corrected chi connectivity index (χ3v) is 2.91. The highest BCUT2D eigenvalue weighted by atomic mass is 16.4. The van der Waals surface area contributed by atoms with Crippen molar-refractivity contribution in [1.82, 2.24) is 15.5 Å². The maximum atomic E-state index is 11.8. The van der Waals surface area contributed by atoms with Crippen LogP contribution in [0.5, 0.6) is 0 Å². The van der Waals surface area contributed by atoms with Crippen molar-refractivity contribution >= 4 is 11.9 Å². The minimum absolute atomic E-state index is 0.0179. The normalized spacial score (nSPS) is 11.8. The van der Waals surface area contributed by atoms with Crippen LogP contribution in [0, 0.1) is 6.92 Å². The molecule has 3 N–H and O–H groups in total. The number of hydrogen-bond acceptors (Lipinski definition) is 3. The predicted octanol–water partition coefficient (Wildman–Crippen LogP) is 1.32. The number of carboxylic acid groups (broad SMARTS) is 1. The third kappa shape index (κ3) is 3.23. The van der Waals surface area contributed by atoms with Crippen molar-refractivity contribution in [1.29, 1.82) is 0 Å². The van der Waals surface area contributed by atoms with Gasteiger partial charge in [0.2, 0.25) is 0 Å². The lowest BCUT2D eigenvalue weighted by Gasteiger charge is -2.13. The van der Waals surface area contributed by atoms with Gasteiger partial charge in [-0.05, 0) is 18.6 Å². The standard InChI is InChI=1S/C14H15N3O3/c1-9-7-12(17-16-9)13(18)15-8-11(14(19)20)10-5-3-2-4-6-10/h2-7,11H,8H2,1H3,(H,15,18)(H,16,17)(H,19,20). The van der Waals surface area contributed by atoms with Crippen LogP contribution in [0.1, 0.15) is 27.7 Å². The number of benzene rings is 1. The number of nitrogens with one attached hydrogen (secondary N) is 2. The number of amides is 1. The topological polar surface area (TPSA) is 95.1 Å². The van der Waals surface area contributed by atoms with E-state index in [9.17, 15) is 14.7 Å². The Bertz CT molecular complexity index is 607. The van der Waals surface area contributed by atoms with E-state index in [1.54, 1.807) is 37.3 Å².